The molecular formula is C16H17NO. The molecule has 0 spiro atoms. The fourth-order valence-corrected chi connectivity index (χ4v) is 2.65. The van der Waals surface area contributed by atoms with Crippen molar-refractivity contribution in [2.45, 2.75) is 12.5 Å². The van der Waals surface area contributed by atoms with Crippen LogP contribution in [0.3, 0.4) is 0 Å². The van der Waals surface area contributed by atoms with E-state index in [-0.39, 0.29) is 0 Å². The molecule has 0 saturated carbocycles. The van der Waals surface area contributed by atoms with Crippen molar-refractivity contribution in [2.75, 3.05) is 13.7 Å². The Bertz CT molecular complexity index is 550. The molecule has 2 nitrogen and oxygen atoms in total. The molecule has 0 fully saturated rings. The minimum Gasteiger partial charge on any atom is -0.497 e. The number of benzene rings is 2. The van der Waals surface area contributed by atoms with Crippen molar-refractivity contribution >= 4 is 0 Å². The normalized spacial score (nSPS) is 18.2. The van der Waals surface area contributed by atoms with Crippen LogP contribution in [0.15, 0.2) is 48.5 Å². The third kappa shape index (κ3) is 2.00. The van der Waals surface area contributed by atoms with Gasteiger partial charge in [0.1, 0.15) is 5.75 Å². The van der Waals surface area contributed by atoms with Crippen LogP contribution in [0.4, 0.5) is 0 Å². The van der Waals surface area contributed by atoms with Gasteiger partial charge in [-0.05, 0) is 28.8 Å². The lowest BCUT2D eigenvalue weighted by Crippen LogP contribution is -2.28. The number of hydrogen-bond acceptors (Lipinski definition) is 2. The van der Waals surface area contributed by atoms with Crippen molar-refractivity contribution in [3.8, 4) is 5.75 Å². The van der Waals surface area contributed by atoms with Crippen LogP contribution in [0.25, 0.3) is 0 Å². The van der Waals surface area contributed by atoms with Crippen molar-refractivity contribution in [1.82, 2.24) is 5.32 Å². The van der Waals surface area contributed by atoms with Gasteiger partial charge < -0.3 is 10.1 Å². The summed E-state index contributed by atoms with van der Waals surface area (Å²) in [5.41, 5.74) is 4.15. The third-order valence-electron chi connectivity index (χ3n) is 3.59. The van der Waals surface area contributed by atoms with E-state index in [4.69, 9.17) is 4.74 Å². The average molecular weight is 239 g/mol. The maximum absolute atomic E-state index is 5.31. The molecule has 1 N–H and O–H groups in total. The molecule has 1 aliphatic heterocycles. The number of fused-ring (bicyclic) bond motifs is 1. The van der Waals surface area contributed by atoms with Gasteiger partial charge in [0, 0.05) is 19.0 Å². The van der Waals surface area contributed by atoms with Gasteiger partial charge in [-0.25, -0.2) is 0 Å². The molecule has 0 amide bonds. The summed E-state index contributed by atoms with van der Waals surface area (Å²) in [5, 5.41) is 3.49. The molecule has 0 aliphatic carbocycles. The molecule has 0 unspecified atom stereocenters. The van der Waals surface area contributed by atoms with Crippen molar-refractivity contribution < 1.29 is 4.74 Å². The quantitative estimate of drug-likeness (QED) is 0.870. The molecule has 1 atom stereocenters. The largest absolute Gasteiger partial charge is 0.497 e. The van der Waals surface area contributed by atoms with Gasteiger partial charge in [-0.3, -0.25) is 0 Å². The van der Waals surface area contributed by atoms with Gasteiger partial charge in [0.2, 0.25) is 0 Å². The highest BCUT2D eigenvalue weighted by Gasteiger charge is 2.21. The van der Waals surface area contributed by atoms with E-state index >= 15 is 0 Å². The molecular weight excluding hydrogens is 222 g/mol. The zero-order valence-corrected chi connectivity index (χ0v) is 10.5. The Labute approximate surface area is 108 Å². The van der Waals surface area contributed by atoms with Crippen LogP contribution < -0.4 is 10.1 Å². The maximum atomic E-state index is 5.31. The van der Waals surface area contributed by atoms with Crippen LogP contribution in [0.2, 0.25) is 0 Å². The average Bonchev–Trinajstić information content (AvgIpc) is 2.47. The van der Waals surface area contributed by atoms with E-state index in [0.717, 1.165) is 18.8 Å². The van der Waals surface area contributed by atoms with E-state index in [0.29, 0.717) is 5.92 Å². The summed E-state index contributed by atoms with van der Waals surface area (Å²) in [6, 6.07) is 17.0. The standard InChI is InChI=1S/C16H17NO/c1-18-14-7-4-6-12(9-14)16-11-17-10-13-5-2-3-8-15(13)16/h2-9,16-17H,10-11H2,1H3/t16-/m0/s1. The Kier molecular flexibility index (Phi) is 3.03. The van der Waals surface area contributed by atoms with E-state index in [9.17, 15) is 0 Å². The van der Waals surface area contributed by atoms with Crippen molar-refractivity contribution in [2.24, 2.45) is 0 Å². The third-order valence-corrected chi connectivity index (χ3v) is 3.59. The molecule has 2 aromatic carbocycles. The summed E-state index contributed by atoms with van der Waals surface area (Å²) in [5.74, 6) is 1.35. The first-order valence-electron chi connectivity index (χ1n) is 6.31. The highest BCUT2D eigenvalue weighted by atomic mass is 16.5. The predicted octanol–water partition coefficient (Wildman–Crippen LogP) is 2.93. The number of rotatable bonds is 2. The monoisotopic (exact) mass is 239 g/mol. The van der Waals surface area contributed by atoms with Gasteiger partial charge in [-0.15, -0.1) is 0 Å². The molecule has 0 radical (unpaired) electrons. The van der Waals surface area contributed by atoms with Gasteiger partial charge >= 0.3 is 0 Å². The summed E-state index contributed by atoms with van der Waals surface area (Å²) >= 11 is 0. The zero-order chi connectivity index (χ0) is 12.4. The first-order chi connectivity index (χ1) is 8.88. The smallest absolute Gasteiger partial charge is 0.119 e. The van der Waals surface area contributed by atoms with Gasteiger partial charge in [-0.1, -0.05) is 36.4 Å². The molecule has 0 saturated heterocycles. The minimum absolute atomic E-state index is 0.421. The fraction of sp³-hybridized carbons (Fsp3) is 0.250. The second-order valence-electron chi connectivity index (χ2n) is 4.66. The van der Waals surface area contributed by atoms with Crippen LogP contribution in [0, 0.1) is 0 Å². The fourth-order valence-electron chi connectivity index (χ4n) is 2.65. The summed E-state index contributed by atoms with van der Waals surface area (Å²) in [6.07, 6.45) is 0. The number of hydrogen-bond donors (Lipinski definition) is 1. The number of nitrogens with one attached hydrogen (secondary N) is 1. The van der Waals surface area contributed by atoms with Crippen molar-refractivity contribution in [3.63, 3.8) is 0 Å². The van der Waals surface area contributed by atoms with Crippen LogP contribution in [0.5, 0.6) is 5.75 Å². The summed E-state index contributed by atoms with van der Waals surface area (Å²) in [4.78, 5) is 0. The molecule has 1 heterocycles. The SMILES string of the molecule is COc1cccc([C@@H]2CNCc3ccccc32)c1. The van der Waals surface area contributed by atoms with Crippen LogP contribution in [0.1, 0.15) is 22.6 Å². The molecule has 2 heteroatoms. The molecule has 18 heavy (non-hydrogen) atoms. The van der Waals surface area contributed by atoms with E-state index in [2.05, 4.69) is 47.8 Å². The van der Waals surface area contributed by atoms with Gasteiger partial charge in [0.05, 0.1) is 7.11 Å². The second-order valence-corrected chi connectivity index (χ2v) is 4.66. The Morgan fingerprint density at radius 1 is 1.11 bits per heavy atom. The van der Waals surface area contributed by atoms with Crippen molar-refractivity contribution in [3.05, 3.63) is 65.2 Å². The Morgan fingerprint density at radius 2 is 2.00 bits per heavy atom. The van der Waals surface area contributed by atoms with E-state index in [1.54, 1.807) is 7.11 Å². The Balaban J connectivity index is 2.02. The van der Waals surface area contributed by atoms with Gasteiger partial charge in [-0.2, -0.15) is 0 Å². The molecule has 0 aromatic heterocycles. The van der Waals surface area contributed by atoms with Gasteiger partial charge in [0.15, 0.2) is 0 Å². The lowest BCUT2D eigenvalue weighted by atomic mass is 9.85. The second kappa shape index (κ2) is 4.83. The molecule has 1 aliphatic rings. The van der Waals surface area contributed by atoms with Crippen LogP contribution in [-0.2, 0) is 6.54 Å². The predicted molar refractivity (Wildman–Crippen MR) is 73.0 cm³/mol. The number of ether oxygens (including phenoxy) is 1. The summed E-state index contributed by atoms with van der Waals surface area (Å²) in [7, 11) is 1.71. The highest BCUT2D eigenvalue weighted by molar-refractivity contribution is 5.42. The van der Waals surface area contributed by atoms with E-state index < -0.39 is 0 Å². The van der Waals surface area contributed by atoms with E-state index in [1.807, 2.05) is 6.07 Å². The maximum Gasteiger partial charge on any atom is 0.119 e. The van der Waals surface area contributed by atoms with Crippen molar-refractivity contribution in [1.29, 1.82) is 0 Å². The Hall–Kier alpha value is -1.80. The molecule has 2 aromatic rings. The van der Waals surface area contributed by atoms with E-state index in [1.165, 1.54) is 16.7 Å². The molecule has 0 bridgehead atoms. The van der Waals surface area contributed by atoms with Gasteiger partial charge in [0.25, 0.3) is 0 Å². The topological polar surface area (TPSA) is 21.3 Å². The lowest BCUT2D eigenvalue weighted by molar-refractivity contribution is 0.413. The first-order valence-corrected chi connectivity index (χ1v) is 6.31. The summed E-state index contributed by atoms with van der Waals surface area (Å²) < 4.78 is 5.31. The van der Waals surface area contributed by atoms with Crippen LogP contribution >= 0.6 is 0 Å². The number of methoxy groups -OCH3 is 1. The zero-order valence-electron chi connectivity index (χ0n) is 10.5. The summed E-state index contributed by atoms with van der Waals surface area (Å²) in [6.45, 7) is 1.96. The molecule has 3 rings (SSSR count). The Morgan fingerprint density at radius 3 is 2.89 bits per heavy atom. The lowest BCUT2D eigenvalue weighted by Gasteiger charge is -2.27. The van der Waals surface area contributed by atoms with Crippen LogP contribution in [-0.4, -0.2) is 13.7 Å². The first kappa shape index (κ1) is 11.3. The molecule has 92 valence electrons. The highest BCUT2D eigenvalue weighted by Crippen LogP contribution is 2.31. The minimum atomic E-state index is 0.421.